The average Bonchev–Trinajstić information content (AvgIpc) is 3.23. The zero-order valence-electron chi connectivity index (χ0n) is 12.0. The number of nitrogens with one attached hydrogen (secondary N) is 2. The van der Waals surface area contributed by atoms with E-state index in [0.717, 1.165) is 15.5 Å². The number of imidazole rings is 1. The Labute approximate surface area is 140 Å². The van der Waals surface area contributed by atoms with Gasteiger partial charge in [-0.25, -0.2) is 9.37 Å². The van der Waals surface area contributed by atoms with Crippen LogP contribution in [0.3, 0.4) is 0 Å². The van der Waals surface area contributed by atoms with Crippen molar-refractivity contribution >= 4 is 38.8 Å². The normalized spacial score (nSPS) is 19.7. The van der Waals surface area contributed by atoms with Crippen molar-refractivity contribution in [2.45, 2.75) is 12.3 Å². The number of hydrogen-bond donors (Lipinski definition) is 2. The van der Waals surface area contributed by atoms with Gasteiger partial charge >= 0.3 is 0 Å². The number of para-hydroxylation sites is 2. The molecular weight excluding hydrogens is 361 g/mol. The molecule has 1 amide bonds. The number of hydrogen-bond acceptors (Lipinski definition) is 2. The zero-order valence-corrected chi connectivity index (χ0v) is 13.6. The maximum atomic E-state index is 13.9. The largest absolute Gasteiger partial charge is 0.324 e. The van der Waals surface area contributed by atoms with Crippen LogP contribution in [0.15, 0.2) is 46.9 Å². The van der Waals surface area contributed by atoms with Gasteiger partial charge in [0.15, 0.2) is 0 Å². The van der Waals surface area contributed by atoms with Crippen molar-refractivity contribution in [3.05, 3.63) is 58.3 Å². The van der Waals surface area contributed by atoms with Crippen LogP contribution in [0.5, 0.6) is 0 Å². The summed E-state index contributed by atoms with van der Waals surface area (Å²) in [6, 6.07) is 12.4. The van der Waals surface area contributed by atoms with Crippen LogP contribution >= 0.6 is 15.9 Å². The van der Waals surface area contributed by atoms with E-state index in [1.165, 1.54) is 6.07 Å². The second kappa shape index (κ2) is 5.45. The number of H-pyrrole nitrogens is 1. The predicted molar refractivity (Wildman–Crippen MR) is 89.7 cm³/mol. The molecule has 2 aromatic carbocycles. The summed E-state index contributed by atoms with van der Waals surface area (Å²) in [6.45, 7) is 0. The summed E-state index contributed by atoms with van der Waals surface area (Å²) in [7, 11) is 0. The number of carbonyl (C=O) groups is 1. The van der Waals surface area contributed by atoms with Gasteiger partial charge in [-0.05, 0) is 48.2 Å². The Kier molecular flexibility index (Phi) is 3.41. The Morgan fingerprint density at radius 2 is 2.13 bits per heavy atom. The molecule has 1 aliphatic rings. The molecule has 1 fully saturated rings. The summed E-state index contributed by atoms with van der Waals surface area (Å²) in [5.74, 6) is -0.258. The molecule has 1 heterocycles. The molecule has 6 heteroatoms. The first-order chi connectivity index (χ1) is 11.1. The molecule has 3 aromatic rings. The Morgan fingerprint density at radius 1 is 1.30 bits per heavy atom. The van der Waals surface area contributed by atoms with Crippen LogP contribution in [0.2, 0.25) is 0 Å². The van der Waals surface area contributed by atoms with Gasteiger partial charge in [0.1, 0.15) is 5.82 Å². The number of nitrogens with zero attached hydrogens (tertiary/aromatic N) is 1. The standard InChI is InChI=1S/C17H13BrFN3O/c18-9-5-6-13(19)11(7-9)10-8-12(10)16(23)22-17-20-14-3-1-2-4-15(14)21-17/h1-7,10,12H,8H2,(H2,20,21,22,23). The number of aromatic amines is 1. The number of anilines is 1. The Hall–Kier alpha value is -2.21. The van der Waals surface area contributed by atoms with Gasteiger partial charge in [0.2, 0.25) is 11.9 Å². The van der Waals surface area contributed by atoms with E-state index in [1.54, 1.807) is 12.1 Å². The summed E-state index contributed by atoms with van der Waals surface area (Å²) < 4.78 is 14.7. The highest BCUT2D eigenvalue weighted by atomic mass is 79.9. The van der Waals surface area contributed by atoms with E-state index < -0.39 is 0 Å². The van der Waals surface area contributed by atoms with E-state index >= 15 is 0 Å². The molecule has 116 valence electrons. The van der Waals surface area contributed by atoms with Gasteiger partial charge in [-0.3, -0.25) is 10.1 Å². The minimum absolute atomic E-state index is 0.0723. The molecule has 2 N–H and O–H groups in total. The molecule has 23 heavy (non-hydrogen) atoms. The van der Waals surface area contributed by atoms with Crippen molar-refractivity contribution < 1.29 is 9.18 Å². The highest BCUT2D eigenvalue weighted by Gasteiger charge is 2.45. The van der Waals surface area contributed by atoms with E-state index in [2.05, 4.69) is 31.2 Å². The molecule has 0 aliphatic heterocycles. The van der Waals surface area contributed by atoms with Crippen molar-refractivity contribution in [2.24, 2.45) is 5.92 Å². The highest BCUT2D eigenvalue weighted by molar-refractivity contribution is 9.10. The fraction of sp³-hybridized carbons (Fsp3) is 0.176. The summed E-state index contributed by atoms with van der Waals surface area (Å²) in [6.07, 6.45) is 0.652. The van der Waals surface area contributed by atoms with Crippen LogP contribution in [-0.2, 0) is 4.79 Å². The van der Waals surface area contributed by atoms with Gasteiger partial charge in [-0.15, -0.1) is 0 Å². The third-order valence-corrected chi connectivity index (χ3v) is 4.61. The lowest BCUT2D eigenvalue weighted by Crippen LogP contribution is -2.15. The molecule has 1 aromatic heterocycles. The third kappa shape index (κ3) is 2.74. The van der Waals surface area contributed by atoms with Gasteiger partial charge in [0.05, 0.1) is 11.0 Å². The van der Waals surface area contributed by atoms with Crippen LogP contribution in [0, 0.1) is 11.7 Å². The van der Waals surface area contributed by atoms with Crippen LogP contribution in [0.25, 0.3) is 11.0 Å². The monoisotopic (exact) mass is 373 g/mol. The first-order valence-electron chi connectivity index (χ1n) is 7.32. The van der Waals surface area contributed by atoms with Crippen molar-refractivity contribution in [3.8, 4) is 0 Å². The highest BCUT2D eigenvalue weighted by Crippen LogP contribution is 2.49. The number of benzene rings is 2. The summed E-state index contributed by atoms with van der Waals surface area (Å²) in [4.78, 5) is 19.7. The first-order valence-corrected chi connectivity index (χ1v) is 8.11. The minimum Gasteiger partial charge on any atom is -0.324 e. The smallest absolute Gasteiger partial charge is 0.230 e. The third-order valence-electron chi connectivity index (χ3n) is 4.12. The number of rotatable bonds is 3. The van der Waals surface area contributed by atoms with E-state index in [-0.39, 0.29) is 23.6 Å². The Morgan fingerprint density at radius 3 is 2.96 bits per heavy atom. The summed E-state index contributed by atoms with van der Waals surface area (Å²) in [5.41, 5.74) is 2.26. The SMILES string of the molecule is O=C(Nc1nc2ccccc2[nH]1)C1CC1c1cc(Br)ccc1F. The van der Waals surface area contributed by atoms with E-state index in [0.29, 0.717) is 17.9 Å². The van der Waals surface area contributed by atoms with Crippen LogP contribution in [-0.4, -0.2) is 15.9 Å². The fourth-order valence-corrected chi connectivity index (χ4v) is 3.23. The van der Waals surface area contributed by atoms with E-state index in [1.807, 2.05) is 24.3 Å². The molecule has 4 nitrogen and oxygen atoms in total. The molecule has 0 radical (unpaired) electrons. The van der Waals surface area contributed by atoms with E-state index in [9.17, 15) is 9.18 Å². The maximum absolute atomic E-state index is 13.9. The predicted octanol–water partition coefficient (Wildman–Crippen LogP) is 4.21. The second-order valence-electron chi connectivity index (χ2n) is 5.71. The van der Waals surface area contributed by atoms with Crippen molar-refractivity contribution in [2.75, 3.05) is 5.32 Å². The fourth-order valence-electron chi connectivity index (χ4n) is 2.85. The maximum Gasteiger partial charge on any atom is 0.230 e. The Bertz CT molecular complexity index is 875. The lowest BCUT2D eigenvalue weighted by atomic mass is 10.1. The number of fused-ring (bicyclic) bond motifs is 1. The molecule has 1 saturated carbocycles. The van der Waals surface area contributed by atoms with Crippen molar-refractivity contribution in [1.82, 2.24) is 9.97 Å². The molecule has 0 bridgehead atoms. The lowest BCUT2D eigenvalue weighted by Gasteiger charge is -2.04. The van der Waals surface area contributed by atoms with Crippen molar-refractivity contribution in [3.63, 3.8) is 0 Å². The number of aromatic nitrogens is 2. The zero-order chi connectivity index (χ0) is 16.0. The second-order valence-corrected chi connectivity index (χ2v) is 6.62. The van der Waals surface area contributed by atoms with Gasteiger partial charge < -0.3 is 4.98 Å². The minimum atomic E-state index is -0.266. The van der Waals surface area contributed by atoms with Gasteiger partial charge in [-0.1, -0.05) is 28.1 Å². The van der Waals surface area contributed by atoms with Crippen LogP contribution < -0.4 is 5.32 Å². The number of amides is 1. The lowest BCUT2D eigenvalue weighted by molar-refractivity contribution is -0.117. The quantitative estimate of drug-likeness (QED) is 0.722. The van der Waals surface area contributed by atoms with Crippen LogP contribution in [0.1, 0.15) is 17.9 Å². The number of halogens is 2. The summed E-state index contributed by atoms with van der Waals surface area (Å²) in [5, 5.41) is 2.79. The molecule has 2 atom stereocenters. The van der Waals surface area contributed by atoms with Crippen molar-refractivity contribution in [1.29, 1.82) is 0 Å². The van der Waals surface area contributed by atoms with Gasteiger partial charge in [0, 0.05) is 10.4 Å². The van der Waals surface area contributed by atoms with Gasteiger partial charge in [0.25, 0.3) is 0 Å². The van der Waals surface area contributed by atoms with Crippen LogP contribution in [0.4, 0.5) is 10.3 Å². The first kappa shape index (κ1) is 14.4. The molecule has 0 spiro atoms. The molecule has 0 saturated heterocycles. The topological polar surface area (TPSA) is 57.8 Å². The molecular formula is C17H13BrFN3O. The molecule has 1 aliphatic carbocycles. The molecule has 4 rings (SSSR count). The molecule has 2 unspecified atom stereocenters. The van der Waals surface area contributed by atoms with E-state index in [4.69, 9.17) is 0 Å². The average molecular weight is 374 g/mol. The van der Waals surface area contributed by atoms with Gasteiger partial charge in [-0.2, -0.15) is 0 Å². The number of carbonyl (C=O) groups excluding carboxylic acids is 1. The summed E-state index contributed by atoms with van der Waals surface area (Å²) >= 11 is 3.34. The Balaban J connectivity index is 1.49.